The molecule has 0 radical (unpaired) electrons. The van der Waals surface area contributed by atoms with Crippen LogP contribution in [-0.4, -0.2) is 40.0 Å². The molecule has 0 saturated heterocycles. The summed E-state index contributed by atoms with van der Waals surface area (Å²) in [6.45, 7) is 4.37. The summed E-state index contributed by atoms with van der Waals surface area (Å²) < 4.78 is 12.3. The van der Waals surface area contributed by atoms with Gasteiger partial charge in [-0.1, -0.05) is 18.5 Å². The molecule has 0 unspecified atom stereocenters. The van der Waals surface area contributed by atoms with Gasteiger partial charge in [-0.25, -0.2) is 0 Å². The second-order valence-electron chi connectivity index (χ2n) is 5.31. The van der Waals surface area contributed by atoms with Gasteiger partial charge in [-0.2, -0.15) is 5.10 Å². The molecule has 0 aliphatic rings. The first-order valence-corrected chi connectivity index (χ1v) is 8.48. The minimum absolute atomic E-state index is 0.233. The molecule has 0 saturated carbocycles. The summed E-state index contributed by atoms with van der Waals surface area (Å²) in [5.41, 5.74) is 0.273. The Morgan fingerprint density at radius 2 is 2.08 bits per heavy atom. The Morgan fingerprint density at radius 1 is 1.31 bits per heavy atom. The van der Waals surface area contributed by atoms with Gasteiger partial charge in [0.1, 0.15) is 6.54 Å². The van der Waals surface area contributed by atoms with Crippen molar-refractivity contribution in [3.63, 3.8) is 0 Å². The quantitative estimate of drug-likeness (QED) is 0.692. The predicted octanol–water partition coefficient (Wildman–Crippen LogP) is 3.06. The van der Waals surface area contributed by atoms with Crippen molar-refractivity contribution < 1.29 is 24.2 Å². The Hall–Kier alpha value is -2.74. The number of carboxylic acids is 1. The molecular weight excluding hydrogens is 362 g/mol. The van der Waals surface area contributed by atoms with Gasteiger partial charge in [0, 0.05) is 17.8 Å². The number of anilines is 1. The summed E-state index contributed by atoms with van der Waals surface area (Å²) in [7, 11) is 0. The number of halogens is 1. The van der Waals surface area contributed by atoms with E-state index in [0.717, 1.165) is 6.42 Å². The van der Waals surface area contributed by atoms with E-state index in [0.29, 0.717) is 24.7 Å². The lowest BCUT2D eigenvalue weighted by Crippen LogP contribution is -2.14. The predicted molar refractivity (Wildman–Crippen MR) is 96.2 cm³/mol. The van der Waals surface area contributed by atoms with Crippen molar-refractivity contribution in [1.82, 2.24) is 9.78 Å². The molecule has 0 spiro atoms. The lowest BCUT2D eigenvalue weighted by atomic mass is 10.2. The van der Waals surface area contributed by atoms with Crippen molar-refractivity contribution >= 4 is 29.3 Å². The number of carboxylic acid groups (broad SMARTS) is 1. The second-order valence-corrected chi connectivity index (χ2v) is 5.72. The lowest BCUT2D eigenvalue weighted by molar-refractivity contribution is -0.137. The molecule has 26 heavy (non-hydrogen) atoms. The van der Waals surface area contributed by atoms with Gasteiger partial charge in [-0.15, -0.1) is 0 Å². The van der Waals surface area contributed by atoms with Crippen molar-refractivity contribution in [2.75, 3.05) is 18.5 Å². The zero-order valence-electron chi connectivity index (χ0n) is 14.5. The molecule has 0 aliphatic heterocycles. The number of carbonyl (C=O) groups is 2. The maximum absolute atomic E-state index is 12.4. The number of aliphatic carboxylic acids is 1. The average molecular weight is 382 g/mol. The number of hydrogen-bond donors (Lipinski definition) is 2. The van der Waals surface area contributed by atoms with Gasteiger partial charge in [0.25, 0.3) is 5.91 Å². The summed E-state index contributed by atoms with van der Waals surface area (Å²) in [4.78, 5) is 23.1. The highest BCUT2D eigenvalue weighted by molar-refractivity contribution is 6.32. The monoisotopic (exact) mass is 381 g/mol. The maximum Gasteiger partial charge on any atom is 0.325 e. The van der Waals surface area contributed by atoms with Crippen LogP contribution in [0.1, 0.15) is 30.6 Å². The van der Waals surface area contributed by atoms with Crippen LogP contribution in [0.4, 0.5) is 5.82 Å². The van der Waals surface area contributed by atoms with Crippen LogP contribution >= 0.6 is 11.6 Å². The summed E-state index contributed by atoms with van der Waals surface area (Å²) >= 11 is 6.24. The van der Waals surface area contributed by atoms with Gasteiger partial charge < -0.3 is 19.9 Å². The number of amides is 1. The summed E-state index contributed by atoms with van der Waals surface area (Å²) in [6.07, 6.45) is 2.27. The Morgan fingerprint density at radius 3 is 2.73 bits per heavy atom. The van der Waals surface area contributed by atoms with E-state index in [-0.39, 0.29) is 22.9 Å². The molecule has 2 rings (SSSR count). The van der Waals surface area contributed by atoms with Crippen LogP contribution in [0, 0.1) is 0 Å². The molecule has 8 nitrogen and oxygen atoms in total. The third kappa shape index (κ3) is 5.13. The van der Waals surface area contributed by atoms with Gasteiger partial charge >= 0.3 is 5.97 Å². The van der Waals surface area contributed by atoms with Crippen LogP contribution in [0.25, 0.3) is 0 Å². The number of nitrogens with one attached hydrogen (secondary N) is 1. The largest absolute Gasteiger partial charge is 0.490 e. The van der Waals surface area contributed by atoms with Gasteiger partial charge in [-0.05, 0) is 25.5 Å². The Kier molecular flexibility index (Phi) is 6.85. The number of benzene rings is 1. The minimum Gasteiger partial charge on any atom is -0.490 e. The molecule has 2 aromatic rings. The second kappa shape index (κ2) is 9.10. The molecule has 9 heteroatoms. The van der Waals surface area contributed by atoms with Crippen LogP contribution in [0.3, 0.4) is 0 Å². The van der Waals surface area contributed by atoms with Crippen LogP contribution < -0.4 is 14.8 Å². The van der Waals surface area contributed by atoms with E-state index in [1.54, 1.807) is 6.07 Å². The number of carbonyl (C=O) groups excluding carboxylic acids is 1. The topological polar surface area (TPSA) is 103 Å². The molecule has 0 atom stereocenters. The van der Waals surface area contributed by atoms with Crippen molar-refractivity contribution in [1.29, 1.82) is 0 Å². The molecule has 1 aromatic carbocycles. The van der Waals surface area contributed by atoms with Crippen molar-refractivity contribution in [3.8, 4) is 11.5 Å². The van der Waals surface area contributed by atoms with Crippen molar-refractivity contribution in [2.45, 2.75) is 26.8 Å². The molecule has 0 bridgehead atoms. The highest BCUT2D eigenvalue weighted by Gasteiger charge is 2.17. The number of ether oxygens (including phenoxy) is 2. The lowest BCUT2D eigenvalue weighted by Gasteiger charge is -2.14. The fourth-order valence-electron chi connectivity index (χ4n) is 2.15. The molecule has 1 heterocycles. The van der Waals surface area contributed by atoms with Gasteiger partial charge in [0.15, 0.2) is 17.3 Å². The number of hydrogen-bond acceptors (Lipinski definition) is 5. The van der Waals surface area contributed by atoms with Crippen LogP contribution in [0.5, 0.6) is 11.5 Å². The highest BCUT2D eigenvalue weighted by atomic mass is 35.5. The molecular formula is C17H20ClN3O5. The highest BCUT2D eigenvalue weighted by Crippen LogP contribution is 2.37. The van der Waals surface area contributed by atoms with Crippen LogP contribution in [0.15, 0.2) is 24.4 Å². The van der Waals surface area contributed by atoms with E-state index in [4.69, 9.17) is 26.2 Å². The van der Waals surface area contributed by atoms with Gasteiger partial charge in [-0.3, -0.25) is 14.3 Å². The van der Waals surface area contributed by atoms with E-state index in [1.165, 1.54) is 23.0 Å². The van der Waals surface area contributed by atoms with E-state index in [9.17, 15) is 9.59 Å². The maximum atomic E-state index is 12.4. The van der Waals surface area contributed by atoms with E-state index >= 15 is 0 Å². The van der Waals surface area contributed by atoms with E-state index in [2.05, 4.69) is 10.4 Å². The van der Waals surface area contributed by atoms with Crippen molar-refractivity contribution in [2.24, 2.45) is 0 Å². The number of rotatable bonds is 9. The molecule has 0 fully saturated rings. The molecule has 1 aromatic heterocycles. The molecule has 1 amide bonds. The Labute approximate surface area is 155 Å². The smallest absolute Gasteiger partial charge is 0.325 e. The zero-order chi connectivity index (χ0) is 19.1. The Bertz CT molecular complexity index is 791. The van der Waals surface area contributed by atoms with Crippen LogP contribution in [0.2, 0.25) is 5.02 Å². The first-order valence-electron chi connectivity index (χ1n) is 8.10. The van der Waals surface area contributed by atoms with Gasteiger partial charge in [0.2, 0.25) is 0 Å². The fourth-order valence-corrected chi connectivity index (χ4v) is 2.41. The summed E-state index contributed by atoms with van der Waals surface area (Å²) in [6, 6.07) is 4.53. The molecule has 0 aliphatic carbocycles. The van der Waals surface area contributed by atoms with Crippen molar-refractivity contribution in [3.05, 3.63) is 35.0 Å². The third-order valence-electron chi connectivity index (χ3n) is 3.20. The first-order chi connectivity index (χ1) is 12.4. The first kappa shape index (κ1) is 19.6. The number of aromatic nitrogens is 2. The SMILES string of the molecule is CCCOc1c(Cl)cc(C(=O)Nc2ccn(CC(=O)O)n2)cc1OCC. The van der Waals surface area contributed by atoms with E-state index in [1.807, 2.05) is 13.8 Å². The standard InChI is InChI=1S/C17H20ClN3O5/c1-3-7-26-16-12(18)8-11(9-13(16)25-4-2)17(24)19-14-5-6-21(20-14)10-15(22)23/h5-6,8-9H,3-4,7,10H2,1-2H3,(H,22,23)(H,19,20,24). The molecule has 140 valence electrons. The van der Waals surface area contributed by atoms with Crippen LogP contribution in [-0.2, 0) is 11.3 Å². The Balaban J connectivity index is 2.19. The van der Waals surface area contributed by atoms with E-state index < -0.39 is 11.9 Å². The number of nitrogens with zero attached hydrogens (tertiary/aromatic N) is 2. The summed E-state index contributed by atoms with van der Waals surface area (Å²) in [5, 5.41) is 15.6. The minimum atomic E-state index is -1.03. The molecule has 2 N–H and O–H groups in total. The normalized spacial score (nSPS) is 10.4. The third-order valence-corrected chi connectivity index (χ3v) is 3.48. The average Bonchev–Trinajstić information content (AvgIpc) is 3.00. The fraction of sp³-hybridized carbons (Fsp3) is 0.353. The summed E-state index contributed by atoms with van der Waals surface area (Å²) in [5.74, 6) is -0.457. The van der Waals surface area contributed by atoms with Gasteiger partial charge in [0.05, 0.1) is 18.2 Å². The zero-order valence-corrected chi connectivity index (χ0v) is 15.2.